The number of anilines is 1. The Morgan fingerprint density at radius 2 is 2.13 bits per heavy atom. The van der Waals surface area contributed by atoms with Gasteiger partial charge in [-0.3, -0.25) is 9.52 Å². The van der Waals surface area contributed by atoms with Crippen molar-refractivity contribution in [2.45, 2.75) is 32.7 Å². The van der Waals surface area contributed by atoms with E-state index in [2.05, 4.69) is 18.6 Å². The van der Waals surface area contributed by atoms with Crippen LogP contribution in [0.15, 0.2) is 24.3 Å². The molecule has 1 heterocycles. The minimum absolute atomic E-state index is 0.0430. The normalized spacial score (nSPS) is 21.0. The second-order valence-corrected chi connectivity index (χ2v) is 8.70. The molecule has 0 bridgehead atoms. The molecule has 1 aliphatic heterocycles. The van der Waals surface area contributed by atoms with Crippen molar-refractivity contribution in [3.8, 4) is 0 Å². The number of hydrogen-bond donors (Lipinski definition) is 2. The number of carbonyl (C=O) groups excluding carboxylic acids is 1. The van der Waals surface area contributed by atoms with E-state index in [4.69, 9.17) is 5.73 Å². The number of carbonyl (C=O) groups is 1. The molecule has 1 amide bonds. The molecule has 23 heavy (non-hydrogen) atoms. The van der Waals surface area contributed by atoms with Gasteiger partial charge in [0.05, 0.1) is 12.7 Å². The summed E-state index contributed by atoms with van der Waals surface area (Å²) in [6.07, 6.45) is 2.16. The number of benzene rings is 1. The smallest absolute Gasteiger partial charge is 0.229 e. The van der Waals surface area contributed by atoms with E-state index in [1.807, 2.05) is 11.0 Å². The molecule has 0 radical (unpaired) electrons. The molecule has 0 aliphatic carbocycles. The highest BCUT2D eigenvalue weighted by atomic mass is 32.2. The molecule has 1 fully saturated rings. The topological polar surface area (TPSA) is 92.5 Å². The van der Waals surface area contributed by atoms with Crippen LogP contribution in [0.2, 0.25) is 0 Å². The van der Waals surface area contributed by atoms with E-state index in [-0.39, 0.29) is 23.8 Å². The molecular weight excluding hydrogens is 314 g/mol. The summed E-state index contributed by atoms with van der Waals surface area (Å²) in [5.74, 6) is 0.0430. The zero-order chi connectivity index (χ0) is 17.3. The number of rotatable bonds is 4. The third-order valence-electron chi connectivity index (χ3n) is 4.25. The minimum Gasteiger partial charge on any atom is -0.342 e. The maximum atomic E-state index is 12.5. The van der Waals surface area contributed by atoms with Gasteiger partial charge in [0.15, 0.2) is 0 Å². The lowest BCUT2D eigenvalue weighted by atomic mass is 9.79. The lowest BCUT2D eigenvalue weighted by Gasteiger charge is -2.42. The standard InChI is InChI=1S/C16H25N3O3S/c1-16(2)11-19(8-7-14(16)17)15(20)10-12-5-4-6-13(9-12)18-23(3,21)22/h4-6,9,14,18H,7-8,10-11,17H2,1-3H3. The van der Waals surface area contributed by atoms with Crippen molar-refractivity contribution in [1.82, 2.24) is 4.90 Å². The largest absolute Gasteiger partial charge is 0.342 e. The highest BCUT2D eigenvalue weighted by Gasteiger charge is 2.35. The van der Waals surface area contributed by atoms with Gasteiger partial charge in [-0.1, -0.05) is 26.0 Å². The Bertz CT molecular complexity index is 686. The van der Waals surface area contributed by atoms with Crippen molar-refractivity contribution in [1.29, 1.82) is 0 Å². The molecule has 6 nitrogen and oxygen atoms in total. The number of nitrogens with one attached hydrogen (secondary N) is 1. The number of sulfonamides is 1. The Balaban J connectivity index is 2.05. The van der Waals surface area contributed by atoms with E-state index in [0.29, 0.717) is 18.8 Å². The maximum Gasteiger partial charge on any atom is 0.229 e. The number of likely N-dealkylation sites (tertiary alicyclic amines) is 1. The highest BCUT2D eigenvalue weighted by Crippen LogP contribution is 2.28. The lowest BCUT2D eigenvalue weighted by Crippen LogP contribution is -2.54. The van der Waals surface area contributed by atoms with Gasteiger partial charge in [0, 0.05) is 24.8 Å². The highest BCUT2D eigenvalue weighted by molar-refractivity contribution is 7.92. The van der Waals surface area contributed by atoms with Crippen molar-refractivity contribution < 1.29 is 13.2 Å². The predicted molar refractivity (Wildman–Crippen MR) is 91.6 cm³/mol. The monoisotopic (exact) mass is 339 g/mol. The van der Waals surface area contributed by atoms with Crippen molar-refractivity contribution >= 4 is 21.6 Å². The van der Waals surface area contributed by atoms with E-state index in [1.54, 1.807) is 18.2 Å². The third-order valence-corrected chi connectivity index (χ3v) is 4.86. The van der Waals surface area contributed by atoms with E-state index in [9.17, 15) is 13.2 Å². The van der Waals surface area contributed by atoms with Crippen LogP contribution < -0.4 is 10.5 Å². The van der Waals surface area contributed by atoms with Crippen LogP contribution in [0.4, 0.5) is 5.69 Å². The van der Waals surface area contributed by atoms with Gasteiger partial charge in [0.1, 0.15) is 0 Å². The first-order valence-corrected chi connectivity index (χ1v) is 9.56. The van der Waals surface area contributed by atoms with Crippen molar-refractivity contribution in [3.05, 3.63) is 29.8 Å². The first kappa shape index (κ1) is 17.7. The van der Waals surface area contributed by atoms with Gasteiger partial charge in [-0.05, 0) is 29.5 Å². The van der Waals surface area contributed by atoms with Crippen LogP contribution in [0.25, 0.3) is 0 Å². The van der Waals surface area contributed by atoms with Gasteiger partial charge in [-0.25, -0.2) is 8.42 Å². The SMILES string of the molecule is CC1(C)CN(C(=O)Cc2cccc(NS(C)(=O)=O)c2)CCC1N. The van der Waals surface area contributed by atoms with Crippen LogP contribution in [0.5, 0.6) is 0 Å². The van der Waals surface area contributed by atoms with Crippen LogP contribution in [0.3, 0.4) is 0 Å². The van der Waals surface area contributed by atoms with Crippen molar-refractivity contribution in [2.75, 3.05) is 24.1 Å². The van der Waals surface area contributed by atoms with E-state index >= 15 is 0 Å². The zero-order valence-corrected chi connectivity index (χ0v) is 14.7. The van der Waals surface area contributed by atoms with E-state index < -0.39 is 10.0 Å². The zero-order valence-electron chi connectivity index (χ0n) is 13.9. The summed E-state index contributed by atoms with van der Waals surface area (Å²) in [5, 5.41) is 0. The molecule has 7 heteroatoms. The fourth-order valence-electron chi connectivity index (χ4n) is 2.83. The molecule has 1 saturated heterocycles. The average molecular weight is 339 g/mol. The van der Waals surface area contributed by atoms with Gasteiger partial charge in [0.25, 0.3) is 0 Å². The van der Waals surface area contributed by atoms with Crippen LogP contribution in [-0.4, -0.2) is 44.6 Å². The van der Waals surface area contributed by atoms with E-state index in [0.717, 1.165) is 18.2 Å². The van der Waals surface area contributed by atoms with Gasteiger partial charge in [-0.2, -0.15) is 0 Å². The Kier molecular flexibility index (Phi) is 5.01. The summed E-state index contributed by atoms with van der Waals surface area (Å²) in [5.41, 5.74) is 7.27. The number of nitrogens with two attached hydrogens (primary N) is 1. The van der Waals surface area contributed by atoms with Crippen LogP contribution in [-0.2, 0) is 21.2 Å². The molecule has 2 rings (SSSR count). The molecule has 0 saturated carbocycles. The number of nitrogens with zero attached hydrogens (tertiary/aromatic N) is 1. The first-order valence-electron chi connectivity index (χ1n) is 7.67. The quantitative estimate of drug-likeness (QED) is 0.862. The van der Waals surface area contributed by atoms with E-state index in [1.165, 1.54) is 0 Å². The van der Waals surface area contributed by atoms with Crippen molar-refractivity contribution in [3.63, 3.8) is 0 Å². The van der Waals surface area contributed by atoms with Crippen LogP contribution in [0, 0.1) is 5.41 Å². The number of piperidine rings is 1. The second kappa shape index (κ2) is 6.49. The van der Waals surface area contributed by atoms with Gasteiger partial charge in [-0.15, -0.1) is 0 Å². The second-order valence-electron chi connectivity index (χ2n) is 6.95. The summed E-state index contributed by atoms with van der Waals surface area (Å²) < 4.78 is 25.0. The predicted octanol–water partition coefficient (Wildman–Crippen LogP) is 1.19. The molecule has 0 spiro atoms. The number of amides is 1. The summed E-state index contributed by atoms with van der Waals surface area (Å²) in [6.45, 7) is 5.47. The Labute approximate surface area is 138 Å². The average Bonchev–Trinajstić information content (AvgIpc) is 2.40. The Morgan fingerprint density at radius 1 is 1.43 bits per heavy atom. The van der Waals surface area contributed by atoms with Gasteiger partial charge in [0.2, 0.25) is 15.9 Å². The fourth-order valence-corrected chi connectivity index (χ4v) is 3.39. The Morgan fingerprint density at radius 3 is 2.74 bits per heavy atom. The molecule has 1 atom stereocenters. The molecule has 3 N–H and O–H groups in total. The summed E-state index contributed by atoms with van der Waals surface area (Å²) in [6, 6.07) is 7.03. The molecule has 0 aromatic heterocycles. The molecule has 1 unspecified atom stereocenters. The van der Waals surface area contributed by atoms with Crippen molar-refractivity contribution in [2.24, 2.45) is 11.1 Å². The van der Waals surface area contributed by atoms with Gasteiger partial charge >= 0.3 is 0 Å². The molecule has 128 valence electrons. The van der Waals surface area contributed by atoms with Crippen LogP contribution in [0.1, 0.15) is 25.8 Å². The molecule has 1 aliphatic rings. The maximum absolute atomic E-state index is 12.5. The lowest BCUT2D eigenvalue weighted by molar-refractivity contribution is -0.133. The summed E-state index contributed by atoms with van der Waals surface area (Å²) in [7, 11) is -3.32. The third kappa shape index (κ3) is 4.94. The number of hydrogen-bond acceptors (Lipinski definition) is 4. The summed E-state index contributed by atoms with van der Waals surface area (Å²) >= 11 is 0. The molecular formula is C16H25N3O3S. The molecule has 1 aromatic carbocycles. The fraction of sp³-hybridized carbons (Fsp3) is 0.562. The Hall–Kier alpha value is -1.60. The minimum atomic E-state index is -3.32. The first-order chi connectivity index (χ1) is 10.6. The van der Waals surface area contributed by atoms with Crippen LogP contribution >= 0.6 is 0 Å². The summed E-state index contributed by atoms with van der Waals surface area (Å²) in [4.78, 5) is 14.4. The van der Waals surface area contributed by atoms with Gasteiger partial charge < -0.3 is 10.6 Å². The molecule has 1 aromatic rings.